The number of ether oxygens (including phenoxy) is 2. The van der Waals surface area contributed by atoms with Gasteiger partial charge in [-0.3, -0.25) is 14.4 Å². The van der Waals surface area contributed by atoms with Crippen LogP contribution >= 0.6 is 0 Å². The van der Waals surface area contributed by atoms with E-state index in [1.165, 1.54) is 7.11 Å². The number of rotatable bonds is 7. The molecule has 3 atom stereocenters. The number of nitrogens with one attached hydrogen (secondary N) is 1. The minimum atomic E-state index is -1.21. The molecule has 242 valence electrons. The van der Waals surface area contributed by atoms with Crippen LogP contribution in [-0.4, -0.2) is 53.7 Å². The minimum absolute atomic E-state index is 0.139. The van der Waals surface area contributed by atoms with E-state index in [4.69, 9.17) is 24.5 Å². The lowest BCUT2D eigenvalue weighted by Gasteiger charge is -2.19. The van der Waals surface area contributed by atoms with Crippen molar-refractivity contribution in [3.8, 4) is 0 Å². The molecule has 10 nitrogen and oxygen atoms in total. The lowest BCUT2D eigenvalue weighted by atomic mass is 9.85. The van der Waals surface area contributed by atoms with Crippen molar-refractivity contribution in [3.05, 3.63) is 105 Å². The van der Waals surface area contributed by atoms with Crippen LogP contribution in [0.3, 0.4) is 0 Å². The van der Waals surface area contributed by atoms with Crippen molar-refractivity contribution < 1.29 is 29.0 Å². The Hall–Kier alpha value is -5.12. The van der Waals surface area contributed by atoms with Gasteiger partial charge < -0.3 is 19.9 Å². The van der Waals surface area contributed by atoms with Gasteiger partial charge in [-0.05, 0) is 68.6 Å². The SMILES string of the molecule is C=CC1=C(C)C2=NC1=CC1=NC(=C(CC)/C1=C/O)C=C1N=C3C(=C1C)C(=O)[C@@H](C(=O)OC)C3=C1NC(=C2)[C@H](C)[C@H]1CCC(=O)OCC. The fourth-order valence-electron chi connectivity index (χ4n) is 7.22. The number of carbonyl (C=O) groups excluding carboxylic acids is 3. The smallest absolute Gasteiger partial charge is 0.321 e. The van der Waals surface area contributed by atoms with Crippen molar-refractivity contribution in [1.82, 2.24) is 5.32 Å². The highest BCUT2D eigenvalue weighted by Gasteiger charge is 2.51. The summed E-state index contributed by atoms with van der Waals surface area (Å²) in [5, 5.41) is 13.9. The summed E-state index contributed by atoms with van der Waals surface area (Å²) in [6, 6.07) is 0. The zero-order valence-electron chi connectivity index (χ0n) is 27.5. The number of aliphatic hydroxyl groups is 1. The number of hydrogen-bond donors (Lipinski definition) is 2. The molecule has 6 aliphatic rings. The Labute approximate surface area is 273 Å². The number of ketones is 1. The molecular weight excluding hydrogens is 596 g/mol. The van der Waals surface area contributed by atoms with Gasteiger partial charge in [0.25, 0.3) is 0 Å². The van der Waals surface area contributed by atoms with Crippen LogP contribution in [0.4, 0.5) is 0 Å². The Morgan fingerprint density at radius 1 is 1.06 bits per heavy atom. The second-order valence-corrected chi connectivity index (χ2v) is 12.1. The van der Waals surface area contributed by atoms with Crippen molar-refractivity contribution >= 4 is 34.9 Å². The van der Waals surface area contributed by atoms with Gasteiger partial charge in [0.15, 0.2) is 5.78 Å². The lowest BCUT2D eigenvalue weighted by molar-refractivity contribution is -0.146. The Balaban J connectivity index is 1.65. The van der Waals surface area contributed by atoms with Gasteiger partial charge in [-0.25, -0.2) is 15.0 Å². The molecule has 0 aromatic rings. The fourth-order valence-corrected chi connectivity index (χ4v) is 7.22. The Morgan fingerprint density at radius 2 is 1.83 bits per heavy atom. The second kappa shape index (κ2) is 12.2. The molecule has 0 amide bonds. The van der Waals surface area contributed by atoms with Gasteiger partial charge in [-0.15, -0.1) is 0 Å². The molecule has 0 aromatic heterocycles. The summed E-state index contributed by atoms with van der Waals surface area (Å²) in [7, 11) is 1.27. The predicted molar refractivity (Wildman–Crippen MR) is 179 cm³/mol. The average Bonchev–Trinajstić information content (AvgIpc) is 3.80. The molecule has 6 rings (SSSR count). The Morgan fingerprint density at radius 3 is 2.49 bits per heavy atom. The normalized spacial score (nSPS) is 25.5. The van der Waals surface area contributed by atoms with Crippen molar-refractivity contribution in [1.29, 1.82) is 0 Å². The number of fused-ring (bicyclic) bond motifs is 5. The maximum absolute atomic E-state index is 14.1. The Bertz CT molecular complexity index is 1900. The number of nitrogens with zero attached hydrogens (tertiary/aromatic N) is 3. The zero-order valence-corrected chi connectivity index (χ0v) is 27.5. The third-order valence-electron chi connectivity index (χ3n) is 9.70. The van der Waals surface area contributed by atoms with Crippen molar-refractivity contribution in [2.45, 2.75) is 53.9 Å². The third-order valence-corrected chi connectivity index (χ3v) is 9.70. The molecular formula is C37H38N4O6. The molecule has 47 heavy (non-hydrogen) atoms. The first-order chi connectivity index (χ1) is 22.6. The van der Waals surface area contributed by atoms with Gasteiger partial charge >= 0.3 is 11.9 Å². The highest BCUT2D eigenvalue weighted by atomic mass is 16.5. The van der Waals surface area contributed by atoms with Gasteiger partial charge in [0.1, 0.15) is 5.92 Å². The molecule has 0 unspecified atom stereocenters. The summed E-state index contributed by atoms with van der Waals surface area (Å²) >= 11 is 0. The topological polar surface area (TPSA) is 139 Å². The molecule has 5 heterocycles. The molecule has 1 saturated heterocycles. The molecule has 5 aliphatic heterocycles. The van der Waals surface area contributed by atoms with Crippen LogP contribution in [0.2, 0.25) is 0 Å². The van der Waals surface area contributed by atoms with Crippen molar-refractivity contribution in [3.63, 3.8) is 0 Å². The average molecular weight is 635 g/mol. The van der Waals surface area contributed by atoms with E-state index >= 15 is 0 Å². The lowest BCUT2D eigenvalue weighted by Crippen LogP contribution is -2.26. The molecule has 1 aliphatic carbocycles. The number of methoxy groups -OCH3 is 1. The van der Waals surface area contributed by atoms with Crippen LogP contribution in [0.15, 0.2) is 120 Å². The summed E-state index contributed by atoms with van der Waals surface area (Å²) in [5.74, 6) is -2.98. The number of Topliss-reactive ketones (excluding diaryl/α,β-unsaturated/α-hetero) is 1. The maximum atomic E-state index is 14.1. The van der Waals surface area contributed by atoms with Crippen LogP contribution in [0.5, 0.6) is 0 Å². The molecule has 0 aromatic carbocycles. The van der Waals surface area contributed by atoms with Crippen LogP contribution < -0.4 is 5.32 Å². The van der Waals surface area contributed by atoms with E-state index in [0.29, 0.717) is 75.1 Å². The van der Waals surface area contributed by atoms with E-state index in [2.05, 4.69) is 18.8 Å². The zero-order chi connectivity index (χ0) is 33.7. The van der Waals surface area contributed by atoms with E-state index in [1.54, 1.807) is 13.0 Å². The molecule has 1 saturated carbocycles. The molecule has 8 bridgehead atoms. The van der Waals surface area contributed by atoms with Crippen LogP contribution in [0.25, 0.3) is 0 Å². The standard InChI is InChI=1S/C37H38N4O6/c1-8-20-17(4)24-13-25-18(5)22(11-12-30(43)47-10-3)34(40-25)32-33(37(45)46-7)36(44)31-19(6)26(41-35(31)32)14-28-21(9-2)23(16-42)29(39-28)15-27(20)38-24/h8,13-16,18,22,33,40,42H,1,9-12H2,2-7H3/b23-16-,25-13?,26-14?,27-15?,34-32?/t18-,22-,33+/m1/s1. The highest BCUT2D eigenvalue weighted by Crippen LogP contribution is 2.47. The van der Waals surface area contributed by atoms with Gasteiger partial charge in [0.2, 0.25) is 0 Å². The van der Waals surface area contributed by atoms with Crippen molar-refractivity contribution in [2.75, 3.05) is 13.7 Å². The first-order valence-electron chi connectivity index (χ1n) is 15.9. The van der Waals surface area contributed by atoms with Crippen molar-refractivity contribution in [2.24, 2.45) is 32.7 Å². The number of hydrogen-bond acceptors (Lipinski definition) is 10. The van der Waals surface area contributed by atoms with Gasteiger partial charge in [0.05, 0.1) is 54.2 Å². The van der Waals surface area contributed by atoms with Gasteiger partial charge in [0, 0.05) is 51.9 Å². The minimum Gasteiger partial charge on any atom is -0.515 e. The summed E-state index contributed by atoms with van der Waals surface area (Å²) in [5.41, 5.74) is 9.59. The largest absolute Gasteiger partial charge is 0.515 e. The molecule has 0 spiro atoms. The monoisotopic (exact) mass is 634 g/mol. The predicted octanol–water partition coefficient (Wildman–Crippen LogP) is 5.77. The third kappa shape index (κ3) is 5.03. The van der Waals surface area contributed by atoms with E-state index in [1.807, 2.05) is 39.0 Å². The first-order valence-corrected chi connectivity index (χ1v) is 15.9. The van der Waals surface area contributed by atoms with Gasteiger partial charge in [-0.2, -0.15) is 0 Å². The summed E-state index contributed by atoms with van der Waals surface area (Å²) in [6.07, 6.45) is 9.63. The molecule has 2 fully saturated rings. The molecule has 2 N–H and O–H groups in total. The summed E-state index contributed by atoms with van der Waals surface area (Å²) < 4.78 is 10.4. The number of carbonyl (C=O) groups is 3. The van der Waals surface area contributed by atoms with E-state index < -0.39 is 11.9 Å². The van der Waals surface area contributed by atoms with E-state index in [9.17, 15) is 19.5 Å². The van der Waals surface area contributed by atoms with E-state index in [0.717, 1.165) is 28.7 Å². The summed E-state index contributed by atoms with van der Waals surface area (Å²) in [4.78, 5) is 54.8. The summed E-state index contributed by atoms with van der Waals surface area (Å²) in [6.45, 7) is 13.9. The van der Waals surface area contributed by atoms with Crippen LogP contribution in [-0.2, 0) is 23.9 Å². The quantitative estimate of drug-likeness (QED) is 0.206. The maximum Gasteiger partial charge on any atom is 0.321 e. The number of allylic oxidation sites excluding steroid dienone is 11. The van der Waals surface area contributed by atoms with Gasteiger partial charge in [-0.1, -0.05) is 26.5 Å². The van der Waals surface area contributed by atoms with Crippen LogP contribution in [0, 0.1) is 17.8 Å². The number of aliphatic imine (C=N–C) groups is 3. The van der Waals surface area contributed by atoms with Crippen LogP contribution in [0.1, 0.15) is 53.9 Å². The fraction of sp³-hybridized carbons (Fsp3) is 0.351. The molecule has 0 radical (unpaired) electrons. The number of aliphatic hydroxyl groups excluding tert-OH is 1. The number of esters is 2. The Kier molecular flexibility index (Phi) is 8.29. The first kappa shape index (κ1) is 31.8. The second-order valence-electron chi connectivity index (χ2n) is 12.1. The molecule has 10 heteroatoms. The van der Waals surface area contributed by atoms with E-state index in [-0.39, 0.29) is 36.6 Å². The highest BCUT2D eigenvalue weighted by molar-refractivity contribution is 6.42.